The standard InChI is InChI=1S/C22H17FN4O3/c1-2-15(10-13-5-3-6-14(23)9-13)27-22(29)16-12-19-17(11-18(16)24-25-27)21(28)26-8-4-7-20(26)30-19/h1,3,5-6,9,11-12,15,20H,4,7-8,10H2/t15-,20?/m1/s1. The van der Waals surface area contributed by atoms with Crippen molar-refractivity contribution in [3.05, 3.63) is 63.7 Å². The molecule has 1 aromatic heterocycles. The van der Waals surface area contributed by atoms with Crippen molar-refractivity contribution in [2.45, 2.75) is 31.5 Å². The van der Waals surface area contributed by atoms with Crippen LogP contribution in [0.4, 0.5) is 4.39 Å². The number of hydrogen-bond acceptors (Lipinski definition) is 5. The van der Waals surface area contributed by atoms with Gasteiger partial charge in [0.05, 0.1) is 10.9 Å². The molecular weight excluding hydrogens is 387 g/mol. The quantitative estimate of drug-likeness (QED) is 0.626. The molecule has 2 atom stereocenters. The predicted octanol–water partition coefficient (Wildman–Crippen LogP) is 2.30. The average Bonchev–Trinajstić information content (AvgIpc) is 3.21. The van der Waals surface area contributed by atoms with Crippen LogP contribution in [-0.4, -0.2) is 38.6 Å². The third-order valence-corrected chi connectivity index (χ3v) is 5.54. The van der Waals surface area contributed by atoms with Crippen molar-refractivity contribution in [3.8, 4) is 18.1 Å². The van der Waals surface area contributed by atoms with E-state index in [2.05, 4.69) is 16.2 Å². The Labute approximate surface area is 171 Å². The van der Waals surface area contributed by atoms with Crippen LogP contribution in [-0.2, 0) is 6.42 Å². The largest absolute Gasteiger partial charge is 0.470 e. The van der Waals surface area contributed by atoms with Gasteiger partial charge in [0.25, 0.3) is 11.5 Å². The second-order valence-corrected chi connectivity index (χ2v) is 7.43. The molecule has 7 nitrogen and oxygen atoms in total. The van der Waals surface area contributed by atoms with E-state index in [1.165, 1.54) is 18.2 Å². The van der Waals surface area contributed by atoms with Gasteiger partial charge in [-0.05, 0) is 36.2 Å². The first-order chi connectivity index (χ1) is 14.5. The maximum atomic E-state index is 13.5. The van der Waals surface area contributed by atoms with E-state index in [-0.39, 0.29) is 29.8 Å². The van der Waals surface area contributed by atoms with Crippen molar-refractivity contribution in [2.24, 2.45) is 0 Å². The molecule has 0 radical (unpaired) electrons. The fraction of sp³-hybridized carbons (Fsp3) is 0.273. The molecule has 0 saturated carbocycles. The molecule has 3 heterocycles. The van der Waals surface area contributed by atoms with Crippen LogP contribution in [0.2, 0.25) is 0 Å². The van der Waals surface area contributed by atoms with Crippen molar-refractivity contribution in [3.63, 3.8) is 0 Å². The number of hydrogen-bond donors (Lipinski definition) is 0. The number of rotatable bonds is 3. The van der Waals surface area contributed by atoms with Gasteiger partial charge in [-0.1, -0.05) is 23.3 Å². The van der Waals surface area contributed by atoms with Gasteiger partial charge < -0.3 is 9.64 Å². The number of carbonyl (C=O) groups excluding carboxylic acids is 1. The fourth-order valence-electron chi connectivity index (χ4n) is 4.05. The first kappa shape index (κ1) is 18.3. The summed E-state index contributed by atoms with van der Waals surface area (Å²) < 4.78 is 20.6. The van der Waals surface area contributed by atoms with Gasteiger partial charge in [0.1, 0.15) is 23.1 Å². The van der Waals surface area contributed by atoms with Gasteiger partial charge in [0, 0.05) is 19.4 Å². The summed E-state index contributed by atoms with van der Waals surface area (Å²) in [5.41, 5.74) is 0.881. The smallest absolute Gasteiger partial charge is 0.278 e. The van der Waals surface area contributed by atoms with E-state index >= 15 is 0 Å². The molecule has 0 bridgehead atoms. The number of amides is 1. The zero-order chi connectivity index (χ0) is 20.8. The topological polar surface area (TPSA) is 77.3 Å². The molecule has 0 spiro atoms. The van der Waals surface area contributed by atoms with Crippen molar-refractivity contribution in [2.75, 3.05) is 6.54 Å². The molecule has 0 aliphatic carbocycles. The highest BCUT2D eigenvalue weighted by molar-refractivity contribution is 6.01. The van der Waals surface area contributed by atoms with Crippen LogP contribution in [0.15, 0.2) is 41.2 Å². The summed E-state index contributed by atoms with van der Waals surface area (Å²) in [4.78, 5) is 27.5. The highest BCUT2D eigenvalue weighted by Crippen LogP contribution is 2.34. The fourth-order valence-corrected chi connectivity index (χ4v) is 4.05. The summed E-state index contributed by atoms with van der Waals surface area (Å²) in [6.07, 6.45) is 7.21. The lowest BCUT2D eigenvalue weighted by Crippen LogP contribution is -2.43. The highest BCUT2D eigenvalue weighted by atomic mass is 19.1. The molecule has 2 aromatic carbocycles. The van der Waals surface area contributed by atoms with Crippen LogP contribution in [0.3, 0.4) is 0 Å². The van der Waals surface area contributed by atoms with Gasteiger partial charge in [-0.15, -0.1) is 11.5 Å². The van der Waals surface area contributed by atoms with Crippen molar-refractivity contribution in [1.82, 2.24) is 19.9 Å². The van der Waals surface area contributed by atoms with Gasteiger partial charge in [-0.2, -0.15) is 4.68 Å². The lowest BCUT2D eigenvalue weighted by molar-refractivity contribution is 0.0295. The van der Waals surface area contributed by atoms with E-state index in [0.717, 1.165) is 17.5 Å². The van der Waals surface area contributed by atoms with Crippen LogP contribution in [0, 0.1) is 18.2 Å². The van der Waals surface area contributed by atoms with E-state index in [1.807, 2.05) is 0 Å². The van der Waals surface area contributed by atoms with Gasteiger partial charge in [-0.25, -0.2) is 4.39 Å². The third kappa shape index (κ3) is 2.90. The van der Waals surface area contributed by atoms with Gasteiger partial charge >= 0.3 is 0 Å². The summed E-state index contributed by atoms with van der Waals surface area (Å²) in [6, 6.07) is 8.37. The molecule has 5 rings (SSSR count). The molecule has 3 aromatic rings. The van der Waals surface area contributed by atoms with E-state index in [4.69, 9.17) is 11.2 Å². The van der Waals surface area contributed by atoms with Crippen LogP contribution in [0.25, 0.3) is 10.9 Å². The molecule has 1 saturated heterocycles. The number of fused-ring (bicyclic) bond motifs is 3. The Morgan fingerprint density at radius 3 is 2.97 bits per heavy atom. The zero-order valence-electron chi connectivity index (χ0n) is 15.9. The van der Waals surface area contributed by atoms with Crippen molar-refractivity contribution in [1.29, 1.82) is 0 Å². The molecule has 150 valence electrons. The highest BCUT2D eigenvalue weighted by Gasteiger charge is 2.37. The minimum absolute atomic E-state index is 0.126. The second-order valence-electron chi connectivity index (χ2n) is 7.43. The molecule has 8 heteroatoms. The molecule has 1 amide bonds. The maximum absolute atomic E-state index is 13.5. The molecule has 0 N–H and O–H groups in total. The summed E-state index contributed by atoms with van der Waals surface area (Å²) in [5, 5.41) is 8.37. The Hall–Kier alpha value is -3.73. The van der Waals surface area contributed by atoms with Crippen LogP contribution < -0.4 is 10.3 Å². The van der Waals surface area contributed by atoms with Crippen molar-refractivity contribution >= 4 is 16.8 Å². The number of aromatic nitrogens is 3. The van der Waals surface area contributed by atoms with Crippen molar-refractivity contribution < 1.29 is 13.9 Å². The summed E-state index contributed by atoms with van der Waals surface area (Å²) >= 11 is 0. The Morgan fingerprint density at radius 1 is 1.30 bits per heavy atom. The van der Waals surface area contributed by atoms with Gasteiger partial charge in [0.15, 0.2) is 6.23 Å². The summed E-state index contributed by atoms with van der Waals surface area (Å²) in [5.74, 6) is 2.40. The number of carbonyl (C=O) groups is 1. The number of benzene rings is 2. The SMILES string of the molecule is C#C[C@H](Cc1cccc(F)c1)n1nnc2cc3c(cc2c1=O)OC1CCCN1C3=O. The predicted molar refractivity (Wildman–Crippen MR) is 106 cm³/mol. The van der Waals surface area contributed by atoms with E-state index < -0.39 is 11.6 Å². The van der Waals surface area contributed by atoms with E-state index in [0.29, 0.717) is 28.9 Å². The number of ether oxygens (including phenoxy) is 1. The molecule has 1 fully saturated rings. The monoisotopic (exact) mass is 404 g/mol. The normalized spacial score (nSPS) is 18.5. The number of terminal acetylenes is 1. The molecule has 1 unspecified atom stereocenters. The van der Waals surface area contributed by atoms with E-state index in [9.17, 15) is 14.0 Å². The van der Waals surface area contributed by atoms with Crippen LogP contribution in [0.5, 0.6) is 5.75 Å². The van der Waals surface area contributed by atoms with Crippen LogP contribution in [0.1, 0.15) is 34.8 Å². The third-order valence-electron chi connectivity index (χ3n) is 5.54. The van der Waals surface area contributed by atoms with Gasteiger partial charge in [0.2, 0.25) is 0 Å². The van der Waals surface area contributed by atoms with E-state index in [1.54, 1.807) is 23.1 Å². The first-order valence-corrected chi connectivity index (χ1v) is 9.66. The lowest BCUT2D eigenvalue weighted by atomic mass is 10.1. The average molecular weight is 404 g/mol. The van der Waals surface area contributed by atoms with Gasteiger partial charge in [-0.3, -0.25) is 9.59 Å². The summed E-state index contributed by atoms with van der Waals surface area (Å²) in [6.45, 7) is 0.651. The minimum Gasteiger partial charge on any atom is -0.470 e. The number of nitrogens with zero attached hydrogens (tertiary/aromatic N) is 4. The minimum atomic E-state index is -0.736. The Morgan fingerprint density at radius 2 is 2.17 bits per heavy atom. The number of halogens is 1. The molecule has 30 heavy (non-hydrogen) atoms. The Balaban J connectivity index is 1.56. The second kappa shape index (κ2) is 6.95. The molecule has 2 aliphatic heterocycles. The Bertz CT molecular complexity index is 1280. The zero-order valence-corrected chi connectivity index (χ0v) is 15.9. The molecular formula is C22H17FN4O3. The lowest BCUT2D eigenvalue weighted by Gasteiger charge is -2.31. The maximum Gasteiger partial charge on any atom is 0.278 e. The molecule has 2 aliphatic rings. The first-order valence-electron chi connectivity index (χ1n) is 9.66. The van der Waals surface area contributed by atoms with Crippen LogP contribution >= 0.6 is 0 Å². The summed E-state index contributed by atoms with van der Waals surface area (Å²) in [7, 11) is 0. The Kier molecular flexibility index (Phi) is 4.24.